The van der Waals surface area contributed by atoms with Gasteiger partial charge in [0.2, 0.25) is 17.2 Å². The van der Waals surface area contributed by atoms with Gasteiger partial charge in [-0.05, 0) is 49.6 Å². The third-order valence-corrected chi connectivity index (χ3v) is 4.33. The van der Waals surface area contributed by atoms with Crippen molar-refractivity contribution in [1.29, 1.82) is 0 Å². The van der Waals surface area contributed by atoms with Crippen LogP contribution in [0, 0.1) is 5.92 Å². The molecule has 1 saturated heterocycles. The maximum atomic E-state index is 6.14. The molecule has 5 nitrogen and oxygen atoms in total. The monoisotopic (exact) mass is 309 g/mol. The second-order valence-electron chi connectivity index (χ2n) is 6.51. The van der Waals surface area contributed by atoms with E-state index < -0.39 is 0 Å². The average Bonchev–Trinajstić information content (AvgIpc) is 3.12. The molecule has 1 aliphatic carbocycles. The predicted molar refractivity (Wildman–Crippen MR) is 86.1 cm³/mol. The molecule has 0 amide bonds. The fraction of sp³-hybridized carbons (Fsp3) is 0.800. The molecule has 21 heavy (non-hydrogen) atoms. The maximum absolute atomic E-state index is 6.14. The van der Waals surface area contributed by atoms with Crippen molar-refractivity contribution in [2.24, 2.45) is 5.92 Å². The van der Waals surface area contributed by atoms with Gasteiger partial charge in [-0.1, -0.05) is 13.8 Å². The molecule has 2 aliphatic rings. The highest BCUT2D eigenvalue weighted by atomic mass is 35.5. The van der Waals surface area contributed by atoms with Gasteiger partial charge in [0.25, 0.3) is 0 Å². The Bertz CT molecular complexity index is 483. The van der Waals surface area contributed by atoms with Crippen LogP contribution in [0.25, 0.3) is 0 Å². The first-order chi connectivity index (χ1) is 10.1. The highest BCUT2D eigenvalue weighted by Crippen LogP contribution is 2.31. The van der Waals surface area contributed by atoms with Gasteiger partial charge in [-0.15, -0.1) is 0 Å². The molecule has 6 heteroatoms. The fourth-order valence-corrected chi connectivity index (χ4v) is 2.90. The normalized spacial score (nSPS) is 18.6. The van der Waals surface area contributed by atoms with Gasteiger partial charge in [0.1, 0.15) is 0 Å². The lowest BCUT2D eigenvalue weighted by Crippen LogP contribution is -2.31. The molecule has 0 unspecified atom stereocenters. The Labute approximate surface area is 131 Å². The molecular weight excluding hydrogens is 286 g/mol. The molecule has 0 bridgehead atoms. The zero-order chi connectivity index (χ0) is 14.8. The molecule has 0 spiro atoms. The summed E-state index contributed by atoms with van der Waals surface area (Å²) in [4.78, 5) is 17.9. The molecule has 0 aromatic carbocycles. The summed E-state index contributed by atoms with van der Waals surface area (Å²) >= 11 is 6.14. The standard InChI is InChI=1S/C15H24ClN5/c1-11(2)7-10-21(12-5-6-12)15-18-13(16)17-14(19-15)20-8-3-4-9-20/h11-12H,3-10H2,1-2H3. The van der Waals surface area contributed by atoms with E-state index in [0.29, 0.717) is 17.2 Å². The lowest BCUT2D eigenvalue weighted by atomic mass is 10.1. The van der Waals surface area contributed by atoms with Crippen molar-refractivity contribution < 1.29 is 0 Å². The Morgan fingerprint density at radius 2 is 1.90 bits per heavy atom. The summed E-state index contributed by atoms with van der Waals surface area (Å²) in [6.45, 7) is 7.55. The van der Waals surface area contributed by atoms with E-state index in [9.17, 15) is 0 Å². The Balaban J connectivity index is 1.81. The highest BCUT2D eigenvalue weighted by molar-refractivity contribution is 6.28. The van der Waals surface area contributed by atoms with E-state index in [1.54, 1.807) is 0 Å². The van der Waals surface area contributed by atoms with E-state index >= 15 is 0 Å². The van der Waals surface area contributed by atoms with Crippen LogP contribution in [0.15, 0.2) is 0 Å². The van der Waals surface area contributed by atoms with Crippen LogP contribution in [0.3, 0.4) is 0 Å². The van der Waals surface area contributed by atoms with Crippen LogP contribution < -0.4 is 9.80 Å². The van der Waals surface area contributed by atoms with Crippen molar-refractivity contribution in [3.63, 3.8) is 0 Å². The smallest absolute Gasteiger partial charge is 0.231 e. The predicted octanol–water partition coefficient (Wildman–Crippen LogP) is 3.14. The van der Waals surface area contributed by atoms with E-state index in [1.807, 2.05) is 0 Å². The van der Waals surface area contributed by atoms with Crippen molar-refractivity contribution in [2.45, 2.75) is 52.0 Å². The third-order valence-electron chi connectivity index (χ3n) is 4.17. The highest BCUT2D eigenvalue weighted by Gasteiger charge is 2.31. The minimum atomic E-state index is 0.317. The summed E-state index contributed by atoms with van der Waals surface area (Å²) < 4.78 is 0. The SMILES string of the molecule is CC(C)CCN(c1nc(Cl)nc(N2CCCC2)n1)C1CC1. The molecular formula is C15H24ClN5. The van der Waals surface area contributed by atoms with Crippen molar-refractivity contribution in [3.8, 4) is 0 Å². The van der Waals surface area contributed by atoms with Gasteiger partial charge in [-0.25, -0.2) is 0 Å². The van der Waals surface area contributed by atoms with Crippen LogP contribution in [0.2, 0.25) is 5.28 Å². The summed E-state index contributed by atoms with van der Waals surface area (Å²) in [6.07, 6.45) is 6.04. The Kier molecular flexibility index (Phi) is 4.48. The first-order valence-corrected chi connectivity index (χ1v) is 8.44. The van der Waals surface area contributed by atoms with Crippen molar-refractivity contribution in [1.82, 2.24) is 15.0 Å². The molecule has 1 saturated carbocycles. The molecule has 116 valence electrons. The lowest BCUT2D eigenvalue weighted by molar-refractivity contribution is 0.565. The van der Waals surface area contributed by atoms with Gasteiger partial charge >= 0.3 is 0 Å². The summed E-state index contributed by atoms with van der Waals surface area (Å²) in [5, 5.41) is 0.317. The summed E-state index contributed by atoms with van der Waals surface area (Å²) in [5.41, 5.74) is 0. The van der Waals surface area contributed by atoms with Gasteiger partial charge in [0.15, 0.2) is 0 Å². The van der Waals surface area contributed by atoms with Gasteiger partial charge in [-0.2, -0.15) is 15.0 Å². The van der Waals surface area contributed by atoms with Gasteiger partial charge in [0.05, 0.1) is 0 Å². The minimum absolute atomic E-state index is 0.317. The summed E-state index contributed by atoms with van der Waals surface area (Å²) in [6, 6.07) is 0.591. The van der Waals surface area contributed by atoms with Crippen LogP contribution in [0.4, 0.5) is 11.9 Å². The number of nitrogens with zero attached hydrogens (tertiary/aromatic N) is 5. The van der Waals surface area contributed by atoms with Crippen LogP contribution in [-0.2, 0) is 0 Å². The number of aromatic nitrogens is 3. The van der Waals surface area contributed by atoms with Crippen molar-refractivity contribution >= 4 is 23.5 Å². The first-order valence-electron chi connectivity index (χ1n) is 8.06. The summed E-state index contributed by atoms with van der Waals surface area (Å²) in [5.74, 6) is 2.19. The molecule has 0 atom stereocenters. The van der Waals surface area contributed by atoms with Crippen molar-refractivity contribution in [2.75, 3.05) is 29.4 Å². The molecule has 3 rings (SSSR count). The molecule has 0 N–H and O–H groups in total. The topological polar surface area (TPSA) is 45.2 Å². The molecule has 2 heterocycles. The van der Waals surface area contributed by atoms with E-state index in [2.05, 4.69) is 33.6 Å². The van der Waals surface area contributed by atoms with Crippen LogP contribution in [0.1, 0.15) is 46.0 Å². The minimum Gasteiger partial charge on any atom is -0.341 e. The number of anilines is 2. The molecule has 1 aromatic rings. The summed E-state index contributed by atoms with van der Waals surface area (Å²) in [7, 11) is 0. The fourth-order valence-electron chi connectivity index (χ4n) is 2.75. The van der Waals surface area contributed by atoms with Crippen LogP contribution >= 0.6 is 11.6 Å². The van der Waals surface area contributed by atoms with Gasteiger partial charge in [-0.3, -0.25) is 0 Å². The quantitative estimate of drug-likeness (QED) is 0.808. The number of halogens is 1. The lowest BCUT2D eigenvalue weighted by Gasteiger charge is -2.24. The van der Waals surface area contributed by atoms with Crippen LogP contribution in [-0.4, -0.2) is 40.6 Å². The third kappa shape index (κ3) is 3.76. The molecule has 2 fully saturated rings. The molecule has 1 aromatic heterocycles. The zero-order valence-electron chi connectivity index (χ0n) is 12.9. The number of hydrogen-bond acceptors (Lipinski definition) is 5. The second-order valence-corrected chi connectivity index (χ2v) is 6.84. The van der Waals surface area contributed by atoms with E-state index in [0.717, 1.165) is 38.0 Å². The van der Waals surface area contributed by atoms with Gasteiger partial charge < -0.3 is 9.80 Å². The Hall–Kier alpha value is -1.10. The zero-order valence-corrected chi connectivity index (χ0v) is 13.7. The average molecular weight is 310 g/mol. The number of rotatable bonds is 6. The molecule has 1 aliphatic heterocycles. The Morgan fingerprint density at radius 1 is 1.19 bits per heavy atom. The first kappa shape index (κ1) is 14.8. The van der Waals surface area contributed by atoms with Crippen molar-refractivity contribution in [3.05, 3.63) is 5.28 Å². The largest absolute Gasteiger partial charge is 0.341 e. The maximum Gasteiger partial charge on any atom is 0.231 e. The van der Waals surface area contributed by atoms with Gasteiger partial charge in [0, 0.05) is 25.7 Å². The van der Waals surface area contributed by atoms with Crippen LogP contribution in [0.5, 0.6) is 0 Å². The molecule has 0 radical (unpaired) electrons. The number of hydrogen-bond donors (Lipinski definition) is 0. The van der Waals surface area contributed by atoms with E-state index in [1.165, 1.54) is 25.7 Å². The van der Waals surface area contributed by atoms with E-state index in [-0.39, 0.29) is 0 Å². The second kappa shape index (κ2) is 6.34. The Morgan fingerprint density at radius 3 is 2.52 bits per heavy atom. The van der Waals surface area contributed by atoms with E-state index in [4.69, 9.17) is 16.6 Å².